The average Bonchev–Trinajstić information content (AvgIpc) is 2.02. The maximum absolute atomic E-state index is 3.49. The van der Waals surface area contributed by atoms with Gasteiger partial charge in [-0.1, -0.05) is 20.8 Å². The molecule has 0 saturated heterocycles. The molecule has 16 heavy (non-hydrogen) atoms. The van der Waals surface area contributed by atoms with E-state index >= 15 is 0 Å². The quantitative estimate of drug-likeness (QED) is 0.509. The van der Waals surface area contributed by atoms with Gasteiger partial charge in [-0.15, -0.1) is 5.41 Å². The molecule has 0 saturated carbocycles. The molecule has 0 spiro atoms. The molecule has 0 aromatic rings. The van der Waals surface area contributed by atoms with Gasteiger partial charge in [0.05, 0.1) is 0 Å². The van der Waals surface area contributed by atoms with Crippen LogP contribution in [0.5, 0.6) is 0 Å². The summed E-state index contributed by atoms with van der Waals surface area (Å²) < 4.78 is 0. The van der Waals surface area contributed by atoms with Gasteiger partial charge >= 0.3 is 0 Å². The Morgan fingerprint density at radius 3 is 1.81 bits per heavy atom. The first-order valence-electron chi connectivity index (χ1n) is 4.16. The third-order valence-corrected chi connectivity index (χ3v) is 0.864. The average molecular weight is 366 g/mol. The standard InChI is InChI=1S/C10H10.C3H7.CH3.2Y/c1-5-7-9-10(3,4)8-6-2;1-3-2;;;/h1-2H2,3-4H3;1,3H2,2H3;1H3;;/q-2;2*-1;;. The van der Waals surface area contributed by atoms with E-state index in [2.05, 4.69) is 49.4 Å². The molecule has 0 aromatic heterocycles. The van der Waals surface area contributed by atoms with Crippen LogP contribution in [-0.2, 0) is 65.4 Å². The molecule has 0 aliphatic carbocycles. The van der Waals surface area contributed by atoms with Gasteiger partial charge in [0.15, 0.2) is 0 Å². The predicted octanol–water partition coefficient (Wildman–Crippen LogP) is 4.13. The van der Waals surface area contributed by atoms with E-state index in [1.54, 1.807) is 0 Å². The van der Waals surface area contributed by atoms with Crippen molar-refractivity contribution in [2.75, 3.05) is 0 Å². The minimum atomic E-state index is -0.285. The van der Waals surface area contributed by atoms with Crippen LogP contribution in [0, 0.1) is 31.9 Å². The zero-order valence-corrected chi connectivity index (χ0v) is 16.7. The molecular weight excluding hydrogens is 346 g/mol. The van der Waals surface area contributed by atoms with Crippen LogP contribution in [0.15, 0.2) is 30.4 Å². The van der Waals surface area contributed by atoms with Crippen molar-refractivity contribution in [3.8, 4) is 0 Å². The summed E-state index contributed by atoms with van der Waals surface area (Å²) in [7, 11) is 0. The smallest absolute Gasteiger partial charge is 0 e. The van der Waals surface area contributed by atoms with Crippen molar-refractivity contribution in [2.45, 2.75) is 27.2 Å². The van der Waals surface area contributed by atoms with Crippen LogP contribution in [-0.4, -0.2) is 0 Å². The Balaban J connectivity index is -0.0000000606. The van der Waals surface area contributed by atoms with E-state index in [0.29, 0.717) is 0 Å². The van der Waals surface area contributed by atoms with Crippen molar-refractivity contribution in [2.24, 2.45) is 5.41 Å². The third kappa shape index (κ3) is 29.4. The van der Waals surface area contributed by atoms with Gasteiger partial charge in [0, 0.05) is 65.4 Å². The maximum atomic E-state index is 3.49. The first kappa shape index (κ1) is 30.2. The largest absolute Gasteiger partial charge is 0.358 e. The molecule has 0 rings (SSSR count). The monoisotopic (exact) mass is 366 g/mol. The summed E-state index contributed by atoms with van der Waals surface area (Å²) in [6.45, 7) is 16.1. The summed E-state index contributed by atoms with van der Waals surface area (Å²) in [4.78, 5) is 0. The third-order valence-electron chi connectivity index (χ3n) is 0.864. The van der Waals surface area contributed by atoms with E-state index in [4.69, 9.17) is 0 Å². The van der Waals surface area contributed by atoms with E-state index in [0.717, 1.165) is 6.42 Å². The molecule has 0 aliphatic rings. The molecule has 0 bridgehead atoms. The topological polar surface area (TPSA) is 0 Å². The molecular formula is C14H20Y2-4. The molecule has 0 fully saturated rings. The Morgan fingerprint density at radius 1 is 1.19 bits per heavy atom. The van der Waals surface area contributed by atoms with E-state index in [1.807, 2.05) is 20.8 Å². The van der Waals surface area contributed by atoms with Gasteiger partial charge in [-0.05, 0) is 0 Å². The summed E-state index contributed by atoms with van der Waals surface area (Å²) in [5, 5.41) is 0. The van der Waals surface area contributed by atoms with Crippen LogP contribution >= 0.6 is 0 Å². The molecule has 0 unspecified atom stereocenters. The Bertz CT molecular complexity index is 246. The number of allylic oxidation sites excluding steroid dienone is 2. The van der Waals surface area contributed by atoms with Crippen molar-refractivity contribution in [3.63, 3.8) is 0 Å². The van der Waals surface area contributed by atoms with Gasteiger partial charge in [-0.2, -0.15) is 13.0 Å². The normalized spacial score (nSPS) is 6.50. The van der Waals surface area contributed by atoms with Crippen molar-refractivity contribution in [1.82, 2.24) is 0 Å². The van der Waals surface area contributed by atoms with Gasteiger partial charge in [-0.3, -0.25) is 0 Å². The fourth-order valence-corrected chi connectivity index (χ4v) is 0.453. The molecule has 0 amide bonds. The van der Waals surface area contributed by atoms with Crippen molar-refractivity contribution < 1.29 is 65.4 Å². The van der Waals surface area contributed by atoms with Crippen LogP contribution in [0.2, 0.25) is 0 Å². The fraction of sp³-hybridized carbons (Fsp3) is 0.357. The summed E-state index contributed by atoms with van der Waals surface area (Å²) in [5.74, 6) is 0. The van der Waals surface area contributed by atoms with Crippen LogP contribution in [0.25, 0.3) is 0 Å². The van der Waals surface area contributed by atoms with Gasteiger partial charge in [0.1, 0.15) is 0 Å². The molecule has 0 atom stereocenters. The Hall–Kier alpha value is 1.03. The van der Waals surface area contributed by atoms with Gasteiger partial charge in [0.25, 0.3) is 0 Å². The van der Waals surface area contributed by atoms with Crippen LogP contribution in [0.1, 0.15) is 27.2 Å². The van der Waals surface area contributed by atoms with Crippen LogP contribution in [0.3, 0.4) is 0 Å². The van der Waals surface area contributed by atoms with Crippen molar-refractivity contribution in [3.05, 3.63) is 56.9 Å². The SMILES string of the molecule is C=C=C=[C-]C(C)(C)[C-]=C=C.[CH2-]CC.[CH3-].[Y].[Y]. The molecule has 2 radical (unpaired) electrons. The fourth-order valence-electron chi connectivity index (χ4n) is 0.453. The van der Waals surface area contributed by atoms with E-state index in [-0.39, 0.29) is 78.3 Å². The molecule has 0 N–H and O–H groups in total. The van der Waals surface area contributed by atoms with Gasteiger partial charge in [0.2, 0.25) is 0 Å². The second-order valence-corrected chi connectivity index (χ2v) is 2.85. The second kappa shape index (κ2) is 21.3. The molecule has 0 aromatic carbocycles. The van der Waals surface area contributed by atoms with E-state index < -0.39 is 0 Å². The zero-order chi connectivity index (χ0) is 10.7. The predicted molar refractivity (Wildman–Crippen MR) is 64.1 cm³/mol. The summed E-state index contributed by atoms with van der Waals surface area (Å²) in [6, 6.07) is 0. The van der Waals surface area contributed by atoms with Crippen molar-refractivity contribution >= 4 is 0 Å². The Kier molecular flexibility index (Phi) is 40.3. The number of hydrogen-bond donors (Lipinski definition) is 0. The first-order valence-corrected chi connectivity index (χ1v) is 4.16. The minimum absolute atomic E-state index is 0. The van der Waals surface area contributed by atoms with E-state index in [9.17, 15) is 0 Å². The van der Waals surface area contributed by atoms with Gasteiger partial charge < -0.3 is 31.5 Å². The minimum Gasteiger partial charge on any atom is -0.358 e. The molecule has 2 heteroatoms. The Morgan fingerprint density at radius 2 is 1.56 bits per heavy atom. The van der Waals surface area contributed by atoms with Crippen LogP contribution < -0.4 is 0 Å². The van der Waals surface area contributed by atoms with Gasteiger partial charge in [-0.25, -0.2) is 18.7 Å². The number of rotatable bonds is 2. The summed E-state index contributed by atoms with van der Waals surface area (Å²) in [5.41, 5.74) is 7.40. The molecule has 0 heterocycles. The molecule has 0 nitrogen and oxygen atoms in total. The molecule has 0 aliphatic heterocycles. The maximum Gasteiger partial charge on any atom is 0 e. The first-order chi connectivity index (χ1) is 6.04. The Labute approximate surface area is 153 Å². The van der Waals surface area contributed by atoms with Crippen LogP contribution in [0.4, 0.5) is 0 Å². The van der Waals surface area contributed by atoms with E-state index in [1.165, 1.54) is 0 Å². The second-order valence-electron chi connectivity index (χ2n) is 2.85. The number of hydrogen-bond acceptors (Lipinski definition) is 0. The molecule has 86 valence electrons. The zero-order valence-electron chi connectivity index (χ0n) is 11.0. The van der Waals surface area contributed by atoms with Crippen molar-refractivity contribution in [1.29, 1.82) is 0 Å². The summed E-state index contributed by atoms with van der Waals surface area (Å²) in [6.07, 6.45) is 6.73. The summed E-state index contributed by atoms with van der Waals surface area (Å²) >= 11 is 0.